The minimum atomic E-state index is -0.882. The zero-order valence-corrected chi connectivity index (χ0v) is 11.9. The molecule has 2 rings (SSSR count). The average molecular weight is 305 g/mol. The molecule has 0 saturated heterocycles. The molecule has 0 fully saturated rings. The number of carbonyl (C=O) groups excluding carboxylic acids is 1. The second-order valence-corrected chi connectivity index (χ2v) is 4.97. The van der Waals surface area contributed by atoms with Gasteiger partial charge in [0.2, 0.25) is 5.91 Å². The molecule has 0 spiro atoms. The van der Waals surface area contributed by atoms with Crippen molar-refractivity contribution in [1.29, 1.82) is 0 Å². The maximum atomic E-state index is 13.4. The summed E-state index contributed by atoms with van der Waals surface area (Å²) in [5.74, 6) is -1.35. The van der Waals surface area contributed by atoms with E-state index in [9.17, 15) is 18.7 Å². The molecule has 0 radical (unpaired) electrons. The molecule has 0 aliphatic carbocycles. The molecule has 0 bridgehead atoms. The number of amides is 1. The van der Waals surface area contributed by atoms with Crippen molar-refractivity contribution in [3.05, 3.63) is 71.3 Å². The summed E-state index contributed by atoms with van der Waals surface area (Å²) in [4.78, 5) is 11.7. The lowest BCUT2D eigenvalue weighted by molar-refractivity contribution is -0.123. The number of aliphatic hydroxyl groups is 1. The number of hydrogen-bond donors (Lipinski definition) is 2. The van der Waals surface area contributed by atoms with Gasteiger partial charge < -0.3 is 10.4 Å². The van der Waals surface area contributed by atoms with Crippen molar-refractivity contribution in [1.82, 2.24) is 5.32 Å². The summed E-state index contributed by atoms with van der Waals surface area (Å²) in [5.41, 5.74) is 0.873. The summed E-state index contributed by atoms with van der Waals surface area (Å²) in [6, 6.07) is 12.1. The maximum Gasteiger partial charge on any atom is 0.222 e. The quantitative estimate of drug-likeness (QED) is 0.862. The second kappa shape index (κ2) is 7.66. The van der Waals surface area contributed by atoms with E-state index in [1.54, 1.807) is 24.3 Å². The Balaban J connectivity index is 1.79. The number of hydrogen-bond acceptors (Lipinski definition) is 2. The van der Waals surface area contributed by atoms with E-state index in [-0.39, 0.29) is 30.9 Å². The zero-order valence-electron chi connectivity index (χ0n) is 11.9. The van der Waals surface area contributed by atoms with E-state index in [1.807, 2.05) is 6.07 Å². The molecule has 0 aliphatic rings. The largest absolute Gasteiger partial charge is 0.388 e. The topological polar surface area (TPSA) is 49.3 Å². The molecule has 2 N–H and O–H groups in total. The number of halogens is 2. The van der Waals surface area contributed by atoms with Gasteiger partial charge >= 0.3 is 0 Å². The Kier molecular flexibility index (Phi) is 5.61. The van der Waals surface area contributed by atoms with Crippen molar-refractivity contribution in [2.24, 2.45) is 0 Å². The van der Waals surface area contributed by atoms with Crippen molar-refractivity contribution < 1.29 is 18.7 Å². The normalized spacial score (nSPS) is 12.0. The fourth-order valence-corrected chi connectivity index (χ4v) is 2.11. The molecular weight excluding hydrogens is 288 g/mol. The van der Waals surface area contributed by atoms with E-state index < -0.39 is 17.7 Å². The molecule has 5 heteroatoms. The number of carbonyl (C=O) groups is 1. The Hall–Kier alpha value is -2.27. The van der Waals surface area contributed by atoms with Gasteiger partial charge in [-0.1, -0.05) is 30.3 Å². The Bertz CT molecular complexity index is 632. The van der Waals surface area contributed by atoms with Crippen LogP contribution in [0.4, 0.5) is 8.78 Å². The zero-order chi connectivity index (χ0) is 15.9. The summed E-state index contributed by atoms with van der Waals surface area (Å²) in [5, 5.41) is 12.5. The molecule has 1 amide bonds. The minimum absolute atomic E-state index is 0.0738. The Morgan fingerprint density at radius 1 is 1.14 bits per heavy atom. The first kappa shape index (κ1) is 16.1. The van der Waals surface area contributed by atoms with Gasteiger partial charge in [-0.05, 0) is 35.7 Å². The van der Waals surface area contributed by atoms with Crippen LogP contribution in [0.25, 0.3) is 0 Å². The summed E-state index contributed by atoms with van der Waals surface area (Å²) < 4.78 is 26.4. The van der Waals surface area contributed by atoms with Gasteiger partial charge in [0.1, 0.15) is 11.6 Å². The van der Waals surface area contributed by atoms with Gasteiger partial charge in [-0.25, -0.2) is 8.78 Å². The standard InChI is InChI=1S/C17H17F2NO2/c18-14-6-7-15(19)13(10-14)8-9-20-17(22)11-16(21)12-4-2-1-3-5-12/h1-7,10,16,21H,8-9,11H2,(H,20,22). The van der Waals surface area contributed by atoms with Crippen LogP contribution < -0.4 is 5.32 Å². The molecule has 2 aromatic rings. The predicted octanol–water partition coefficient (Wildman–Crippen LogP) is 2.75. The van der Waals surface area contributed by atoms with Gasteiger partial charge in [0.25, 0.3) is 0 Å². The Morgan fingerprint density at radius 2 is 1.86 bits per heavy atom. The van der Waals surface area contributed by atoms with E-state index >= 15 is 0 Å². The third-order valence-corrected chi connectivity index (χ3v) is 3.29. The fraction of sp³-hybridized carbons (Fsp3) is 0.235. The number of nitrogens with one attached hydrogen (secondary N) is 1. The average Bonchev–Trinajstić information content (AvgIpc) is 2.51. The Morgan fingerprint density at radius 3 is 2.59 bits per heavy atom. The maximum absolute atomic E-state index is 13.4. The monoisotopic (exact) mass is 305 g/mol. The second-order valence-electron chi connectivity index (χ2n) is 4.97. The van der Waals surface area contributed by atoms with Gasteiger partial charge in [-0.15, -0.1) is 0 Å². The van der Waals surface area contributed by atoms with Crippen LogP contribution in [0.1, 0.15) is 23.7 Å². The molecule has 1 unspecified atom stereocenters. The molecule has 0 saturated carbocycles. The van der Waals surface area contributed by atoms with E-state index in [2.05, 4.69) is 5.32 Å². The Labute approximate surface area is 127 Å². The van der Waals surface area contributed by atoms with Crippen LogP contribution in [-0.4, -0.2) is 17.6 Å². The molecule has 2 aromatic carbocycles. The summed E-state index contributed by atoms with van der Waals surface area (Å²) in [7, 11) is 0. The van der Waals surface area contributed by atoms with E-state index in [1.165, 1.54) is 0 Å². The predicted molar refractivity (Wildman–Crippen MR) is 79.1 cm³/mol. The summed E-state index contributed by atoms with van der Waals surface area (Å²) in [6.45, 7) is 0.181. The van der Waals surface area contributed by atoms with Gasteiger partial charge in [-0.3, -0.25) is 4.79 Å². The first-order valence-electron chi connectivity index (χ1n) is 7.00. The smallest absolute Gasteiger partial charge is 0.222 e. The van der Waals surface area contributed by atoms with Crippen LogP contribution in [0, 0.1) is 11.6 Å². The van der Waals surface area contributed by atoms with Crippen molar-refractivity contribution in [2.75, 3.05) is 6.54 Å². The first-order chi connectivity index (χ1) is 10.6. The van der Waals surface area contributed by atoms with Crippen molar-refractivity contribution in [2.45, 2.75) is 18.9 Å². The van der Waals surface area contributed by atoms with E-state index in [0.717, 1.165) is 18.2 Å². The van der Waals surface area contributed by atoms with Crippen molar-refractivity contribution in [3.8, 4) is 0 Å². The minimum Gasteiger partial charge on any atom is -0.388 e. The molecule has 3 nitrogen and oxygen atoms in total. The van der Waals surface area contributed by atoms with Gasteiger partial charge in [0, 0.05) is 6.54 Å². The molecule has 1 atom stereocenters. The number of benzene rings is 2. The van der Waals surface area contributed by atoms with Crippen LogP contribution >= 0.6 is 0 Å². The fourth-order valence-electron chi connectivity index (χ4n) is 2.11. The van der Waals surface area contributed by atoms with Crippen molar-refractivity contribution in [3.63, 3.8) is 0 Å². The highest BCUT2D eigenvalue weighted by Gasteiger charge is 2.12. The summed E-state index contributed by atoms with van der Waals surface area (Å²) >= 11 is 0. The van der Waals surface area contributed by atoms with Crippen LogP contribution in [0.5, 0.6) is 0 Å². The van der Waals surface area contributed by atoms with Gasteiger partial charge in [-0.2, -0.15) is 0 Å². The van der Waals surface area contributed by atoms with Crippen molar-refractivity contribution >= 4 is 5.91 Å². The highest BCUT2D eigenvalue weighted by atomic mass is 19.1. The van der Waals surface area contributed by atoms with Crippen LogP contribution in [-0.2, 0) is 11.2 Å². The van der Waals surface area contributed by atoms with Gasteiger partial charge in [0.15, 0.2) is 0 Å². The van der Waals surface area contributed by atoms with Gasteiger partial charge in [0.05, 0.1) is 12.5 Å². The van der Waals surface area contributed by atoms with Crippen LogP contribution in [0.15, 0.2) is 48.5 Å². The molecule has 0 aromatic heterocycles. The van der Waals surface area contributed by atoms with E-state index in [4.69, 9.17) is 0 Å². The first-order valence-corrected chi connectivity index (χ1v) is 7.00. The lowest BCUT2D eigenvalue weighted by Gasteiger charge is -2.11. The number of rotatable bonds is 6. The third-order valence-electron chi connectivity index (χ3n) is 3.29. The molecule has 22 heavy (non-hydrogen) atoms. The van der Waals surface area contributed by atoms with Crippen LogP contribution in [0.2, 0.25) is 0 Å². The molecular formula is C17H17F2NO2. The molecule has 0 aliphatic heterocycles. The summed E-state index contributed by atoms with van der Waals surface area (Å²) in [6.07, 6.45) is -0.765. The SMILES string of the molecule is O=C(CC(O)c1ccccc1)NCCc1cc(F)ccc1F. The molecule has 0 heterocycles. The number of aliphatic hydroxyl groups excluding tert-OH is 1. The van der Waals surface area contributed by atoms with E-state index in [0.29, 0.717) is 5.56 Å². The lowest BCUT2D eigenvalue weighted by atomic mass is 10.1. The highest BCUT2D eigenvalue weighted by molar-refractivity contribution is 5.76. The van der Waals surface area contributed by atoms with Crippen LogP contribution in [0.3, 0.4) is 0 Å². The lowest BCUT2D eigenvalue weighted by Crippen LogP contribution is -2.27. The highest BCUT2D eigenvalue weighted by Crippen LogP contribution is 2.15. The molecule has 116 valence electrons. The third kappa shape index (κ3) is 4.63.